The fourth-order valence-corrected chi connectivity index (χ4v) is 2.06. The lowest BCUT2D eigenvalue weighted by Crippen LogP contribution is -2.09. The molecule has 0 saturated carbocycles. The Kier molecular flexibility index (Phi) is 4.36. The number of hydrogen-bond donors (Lipinski definition) is 0. The number of aryl methyl sites for hydroxylation is 1. The van der Waals surface area contributed by atoms with Crippen LogP contribution in [0.2, 0.25) is 0 Å². The number of benzene rings is 1. The van der Waals surface area contributed by atoms with E-state index < -0.39 is 17.5 Å². The number of rotatable bonds is 4. The van der Waals surface area contributed by atoms with Gasteiger partial charge in [0.1, 0.15) is 12.1 Å². The zero-order valence-corrected chi connectivity index (χ0v) is 13.6. The van der Waals surface area contributed by atoms with Crippen molar-refractivity contribution >= 4 is 12.3 Å². The van der Waals surface area contributed by atoms with Crippen LogP contribution in [0.25, 0.3) is 23.7 Å². The van der Waals surface area contributed by atoms with Gasteiger partial charge in [0.2, 0.25) is 5.89 Å². The van der Waals surface area contributed by atoms with Gasteiger partial charge in [0.05, 0.1) is 12.7 Å². The van der Waals surface area contributed by atoms with E-state index >= 15 is 0 Å². The Morgan fingerprint density at radius 2 is 2.00 bits per heavy atom. The van der Waals surface area contributed by atoms with Gasteiger partial charge < -0.3 is 9.15 Å². The molecule has 0 amide bonds. The lowest BCUT2D eigenvalue weighted by molar-refractivity contribution is -0.137. The number of nitrogens with zero attached hydrogens (tertiary/aromatic N) is 5. The molecular formula is C15H12F3N5O3. The van der Waals surface area contributed by atoms with E-state index in [1.54, 1.807) is 0 Å². The van der Waals surface area contributed by atoms with Crippen molar-refractivity contribution < 1.29 is 22.3 Å². The third-order valence-electron chi connectivity index (χ3n) is 3.31. The molecule has 0 aliphatic rings. The number of halogens is 3. The number of methoxy groups -OCH3 is 1. The standard InChI is InChI=1S/C15H12F3N5O3/c1-22-14(24)26-12(20-22)3-4-23-8-19-13(21-23)9-5-10(15(16,17)18)7-11(6-9)25-2/h3-8H,1-2H3/b4-3-. The number of aromatic nitrogens is 5. The van der Waals surface area contributed by atoms with Crippen molar-refractivity contribution in [2.75, 3.05) is 7.11 Å². The normalized spacial score (nSPS) is 12.0. The molecule has 0 N–H and O–H groups in total. The van der Waals surface area contributed by atoms with Crippen LogP contribution < -0.4 is 10.5 Å². The van der Waals surface area contributed by atoms with Crippen molar-refractivity contribution in [2.45, 2.75) is 6.18 Å². The molecule has 136 valence electrons. The Balaban J connectivity index is 1.91. The van der Waals surface area contributed by atoms with Crippen LogP contribution in [0.5, 0.6) is 5.75 Å². The average Bonchev–Trinajstić information content (AvgIpc) is 3.19. The van der Waals surface area contributed by atoms with Crippen molar-refractivity contribution in [3.63, 3.8) is 0 Å². The smallest absolute Gasteiger partial charge is 0.437 e. The molecule has 0 saturated heterocycles. The molecule has 0 aliphatic carbocycles. The first-order valence-electron chi connectivity index (χ1n) is 7.16. The molecule has 0 aliphatic heterocycles. The summed E-state index contributed by atoms with van der Waals surface area (Å²) in [4.78, 5) is 15.2. The highest BCUT2D eigenvalue weighted by molar-refractivity contribution is 5.60. The third-order valence-corrected chi connectivity index (χ3v) is 3.31. The van der Waals surface area contributed by atoms with Gasteiger partial charge in [0.15, 0.2) is 5.82 Å². The lowest BCUT2D eigenvalue weighted by Gasteiger charge is -2.10. The van der Waals surface area contributed by atoms with E-state index in [9.17, 15) is 18.0 Å². The van der Waals surface area contributed by atoms with E-state index in [1.165, 1.54) is 43.5 Å². The average molecular weight is 367 g/mol. The molecule has 0 radical (unpaired) electrons. The molecule has 0 bridgehead atoms. The minimum Gasteiger partial charge on any atom is -0.497 e. The molecule has 0 unspecified atom stereocenters. The van der Waals surface area contributed by atoms with Crippen LogP contribution in [0.15, 0.2) is 33.7 Å². The van der Waals surface area contributed by atoms with Gasteiger partial charge in [-0.05, 0) is 18.2 Å². The summed E-state index contributed by atoms with van der Waals surface area (Å²) in [7, 11) is 2.70. The number of alkyl halides is 3. The van der Waals surface area contributed by atoms with E-state index in [0.717, 1.165) is 16.8 Å². The third kappa shape index (κ3) is 3.66. The van der Waals surface area contributed by atoms with Gasteiger partial charge in [-0.1, -0.05) is 0 Å². The first-order valence-corrected chi connectivity index (χ1v) is 7.16. The maximum Gasteiger partial charge on any atom is 0.437 e. The summed E-state index contributed by atoms with van der Waals surface area (Å²) in [6.45, 7) is 0. The summed E-state index contributed by atoms with van der Waals surface area (Å²) in [5, 5.41) is 7.86. The van der Waals surface area contributed by atoms with Gasteiger partial charge >= 0.3 is 11.9 Å². The van der Waals surface area contributed by atoms with Gasteiger partial charge in [-0.2, -0.15) is 17.9 Å². The fourth-order valence-electron chi connectivity index (χ4n) is 2.06. The van der Waals surface area contributed by atoms with Crippen molar-refractivity contribution in [1.82, 2.24) is 24.5 Å². The van der Waals surface area contributed by atoms with Gasteiger partial charge in [0, 0.05) is 24.9 Å². The summed E-state index contributed by atoms with van der Waals surface area (Å²) >= 11 is 0. The molecule has 26 heavy (non-hydrogen) atoms. The highest BCUT2D eigenvalue weighted by Gasteiger charge is 2.31. The Hall–Kier alpha value is -3.37. The Bertz CT molecular complexity index is 1020. The Morgan fingerprint density at radius 1 is 1.23 bits per heavy atom. The molecule has 2 aromatic heterocycles. The minimum absolute atomic E-state index is 0.0389. The van der Waals surface area contributed by atoms with Crippen LogP contribution >= 0.6 is 0 Å². The highest BCUT2D eigenvalue weighted by atomic mass is 19.4. The van der Waals surface area contributed by atoms with E-state index in [-0.39, 0.29) is 23.0 Å². The van der Waals surface area contributed by atoms with Crippen LogP contribution in [0.1, 0.15) is 11.5 Å². The molecule has 0 spiro atoms. The number of ether oxygens (including phenoxy) is 1. The zero-order valence-electron chi connectivity index (χ0n) is 13.6. The maximum absolute atomic E-state index is 13.0. The van der Waals surface area contributed by atoms with Crippen molar-refractivity contribution in [3.8, 4) is 17.1 Å². The van der Waals surface area contributed by atoms with Gasteiger partial charge in [-0.25, -0.2) is 14.5 Å². The fraction of sp³-hybridized carbons (Fsp3) is 0.200. The quantitative estimate of drug-likeness (QED) is 0.703. The monoisotopic (exact) mass is 367 g/mol. The van der Waals surface area contributed by atoms with E-state index in [4.69, 9.17) is 9.15 Å². The summed E-state index contributed by atoms with van der Waals surface area (Å²) in [6.07, 6.45) is -0.471. The van der Waals surface area contributed by atoms with E-state index in [2.05, 4.69) is 15.2 Å². The van der Waals surface area contributed by atoms with Gasteiger partial charge in [0.25, 0.3) is 0 Å². The van der Waals surface area contributed by atoms with E-state index in [1.807, 2.05) is 0 Å². The van der Waals surface area contributed by atoms with Crippen LogP contribution in [-0.2, 0) is 13.2 Å². The van der Waals surface area contributed by atoms with Crippen LogP contribution in [0, 0.1) is 0 Å². The van der Waals surface area contributed by atoms with Crippen LogP contribution in [0.3, 0.4) is 0 Å². The summed E-state index contributed by atoms with van der Waals surface area (Å²) < 4.78 is 51.0. The summed E-state index contributed by atoms with van der Waals surface area (Å²) in [5.41, 5.74) is -0.720. The topological polar surface area (TPSA) is 88.0 Å². The van der Waals surface area contributed by atoms with Gasteiger partial charge in [-0.15, -0.1) is 10.2 Å². The maximum atomic E-state index is 13.0. The van der Waals surface area contributed by atoms with Gasteiger partial charge in [-0.3, -0.25) is 0 Å². The SMILES string of the molecule is COc1cc(-c2ncn(/C=C\c3nn(C)c(=O)o3)n2)cc(C(F)(F)F)c1. The highest BCUT2D eigenvalue weighted by Crippen LogP contribution is 2.34. The molecule has 2 heterocycles. The van der Waals surface area contributed by atoms with Crippen molar-refractivity contribution in [2.24, 2.45) is 7.05 Å². The van der Waals surface area contributed by atoms with Crippen LogP contribution in [-0.4, -0.2) is 31.7 Å². The predicted octanol–water partition coefficient (Wildman–Crippen LogP) is 2.29. The molecule has 3 rings (SSSR count). The zero-order chi connectivity index (χ0) is 18.9. The second kappa shape index (κ2) is 6.50. The molecule has 0 fully saturated rings. The van der Waals surface area contributed by atoms with E-state index in [0.29, 0.717) is 0 Å². The molecule has 1 aromatic carbocycles. The minimum atomic E-state index is -4.53. The predicted molar refractivity (Wildman–Crippen MR) is 84.0 cm³/mol. The van der Waals surface area contributed by atoms with Crippen LogP contribution in [0.4, 0.5) is 13.2 Å². The first kappa shape index (κ1) is 17.5. The van der Waals surface area contributed by atoms with Crippen molar-refractivity contribution in [3.05, 3.63) is 46.5 Å². The molecule has 0 atom stereocenters. The second-order valence-corrected chi connectivity index (χ2v) is 5.14. The number of hydrogen-bond acceptors (Lipinski definition) is 6. The largest absolute Gasteiger partial charge is 0.497 e. The lowest BCUT2D eigenvalue weighted by atomic mass is 10.1. The second-order valence-electron chi connectivity index (χ2n) is 5.14. The summed E-state index contributed by atoms with van der Waals surface area (Å²) in [5.74, 6) is -0.464. The molecule has 11 heteroatoms. The Morgan fingerprint density at radius 3 is 2.62 bits per heavy atom. The molecule has 8 nitrogen and oxygen atoms in total. The Labute approximate surface area is 144 Å². The first-order chi connectivity index (χ1) is 12.3. The summed E-state index contributed by atoms with van der Waals surface area (Å²) in [6, 6.07) is 3.23. The molecular weight excluding hydrogens is 355 g/mol. The van der Waals surface area contributed by atoms with Crippen molar-refractivity contribution in [1.29, 1.82) is 0 Å². The molecule has 3 aromatic rings.